The second-order valence-corrected chi connectivity index (χ2v) is 8.45. The van der Waals surface area contributed by atoms with Crippen molar-refractivity contribution in [3.63, 3.8) is 0 Å². The summed E-state index contributed by atoms with van der Waals surface area (Å²) in [6.45, 7) is 4.68. The first-order chi connectivity index (χ1) is 8.99. The number of aromatic amines is 1. The first-order valence-electron chi connectivity index (χ1n) is 5.98. The van der Waals surface area contributed by atoms with Crippen LogP contribution in [0.2, 0.25) is 0 Å². The number of thioether (sulfide) groups is 1. The Bertz CT molecular complexity index is 572. The van der Waals surface area contributed by atoms with Gasteiger partial charge in [-0.2, -0.15) is 11.8 Å². The Labute approximate surface area is 120 Å². The van der Waals surface area contributed by atoms with Crippen LogP contribution in [0.5, 0.6) is 0 Å². The predicted molar refractivity (Wildman–Crippen MR) is 78.6 cm³/mol. The number of hydrogen-bond acceptors (Lipinski definition) is 6. The molecule has 0 unspecified atom stereocenters. The SMILES string of the molecule is Cc1[nH]c(=O)sc1S(=O)(=O)NCCN1CCSCC1. The van der Waals surface area contributed by atoms with Crippen molar-refractivity contribution in [2.24, 2.45) is 0 Å². The minimum atomic E-state index is -3.57. The highest BCUT2D eigenvalue weighted by Crippen LogP contribution is 2.15. The quantitative estimate of drug-likeness (QED) is 0.801. The Morgan fingerprint density at radius 2 is 2.05 bits per heavy atom. The van der Waals surface area contributed by atoms with E-state index in [1.807, 2.05) is 11.8 Å². The molecular formula is C10H17N3O3S3. The number of H-pyrrole nitrogens is 1. The highest BCUT2D eigenvalue weighted by molar-refractivity contribution is 7.99. The Kier molecular flexibility index (Phi) is 5.07. The summed E-state index contributed by atoms with van der Waals surface area (Å²) in [5, 5.41) is 0. The van der Waals surface area contributed by atoms with Gasteiger partial charge in [0.1, 0.15) is 0 Å². The third-order valence-corrected chi connectivity index (χ3v) is 6.86. The minimum absolute atomic E-state index is 0.0895. The summed E-state index contributed by atoms with van der Waals surface area (Å²) in [6, 6.07) is 0. The fourth-order valence-corrected chi connectivity index (χ4v) is 5.22. The molecule has 0 spiro atoms. The molecule has 0 saturated carbocycles. The Hall–Kier alpha value is -0.350. The van der Waals surface area contributed by atoms with Gasteiger partial charge in [-0.1, -0.05) is 11.3 Å². The van der Waals surface area contributed by atoms with Crippen LogP contribution >= 0.6 is 23.1 Å². The molecule has 1 aliphatic rings. The number of rotatable bonds is 5. The van der Waals surface area contributed by atoms with E-state index in [2.05, 4.69) is 14.6 Å². The monoisotopic (exact) mass is 323 g/mol. The fourth-order valence-electron chi connectivity index (χ4n) is 1.88. The average molecular weight is 323 g/mol. The number of sulfonamides is 1. The van der Waals surface area contributed by atoms with Gasteiger partial charge in [-0.25, -0.2) is 13.1 Å². The van der Waals surface area contributed by atoms with Crippen LogP contribution in [0.4, 0.5) is 0 Å². The van der Waals surface area contributed by atoms with E-state index in [0.717, 1.165) is 35.9 Å². The minimum Gasteiger partial charge on any atom is -0.315 e. The fraction of sp³-hybridized carbons (Fsp3) is 0.700. The van der Waals surface area contributed by atoms with Crippen LogP contribution in [0.25, 0.3) is 0 Å². The van der Waals surface area contributed by atoms with Gasteiger partial charge in [0.05, 0.1) is 0 Å². The Balaban J connectivity index is 1.91. The van der Waals surface area contributed by atoms with Crippen LogP contribution < -0.4 is 9.60 Å². The molecule has 108 valence electrons. The summed E-state index contributed by atoms with van der Waals surface area (Å²) in [7, 11) is -3.57. The summed E-state index contributed by atoms with van der Waals surface area (Å²) in [5.41, 5.74) is 0.400. The number of thiazole rings is 1. The molecule has 1 saturated heterocycles. The molecule has 19 heavy (non-hydrogen) atoms. The average Bonchev–Trinajstić information content (AvgIpc) is 2.70. The van der Waals surface area contributed by atoms with E-state index in [0.29, 0.717) is 18.8 Å². The van der Waals surface area contributed by atoms with Gasteiger partial charge < -0.3 is 9.88 Å². The van der Waals surface area contributed by atoms with Gasteiger partial charge in [0, 0.05) is 43.4 Å². The topological polar surface area (TPSA) is 82.3 Å². The zero-order valence-electron chi connectivity index (χ0n) is 10.6. The first kappa shape index (κ1) is 15.0. The van der Waals surface area contributed by atoms with Crippen molar-refractivity contribution in [1.29, 1.82) is 0 Å². The van der Waals surface area contributed by atoms with Crippen molar-refractivity contribution in [1.82, 2.24) is 14.6 Å². The van der Waals surface area contributed by atoms with Gasteiger partial charge in [-0.3, -0.25) is 4.79 Å². The lowest BCUT2D eigenvalue weighted by Crippen LogP contribution is -2.39. The van der Waals surface area contributed by atoms with Gasteiger partial charge in [-0.15, -0.1) is 0 Å². The lowest BCUT2D eigenvalue weighted by Gasteiger charge is -2.25. The summed E-state index contributed by atoms with van der Waals surface area (Å²) in [6.07, 6.45) is 0. The second-order valence-electron chi connectivity index (χ2n) is 4.28. The van der Waals surface area contributed by atoms with Gasteiger partial charge in [-0.05, 0) is 6.92 Å². The van der Waals surface area contributed by atoms with Gasteiger partial charge in [0.2, 0.25) is 0 Å². The lowest BCUT2D eigenvalue weighted by molar-refractivity contribution is 0.307. The van der Waals surface area contributed by atoms with Crippen molar-refractivity contribution in [3.8, 4) is 0 Å². The largest absolute Gasteiger partial charge is 0.315 e. The summed E-state index contributed by atoms with van der Waals surface area (Å²) < 4.78 is 26.7. The molecule has 1 aromatic heterocycles. The van der Waals surface area contributed by atoms with Crippen molar-refractivity contribution in [2.75, 3.05) is 37.7 Å². The van der Waals surface area contributed by atoms with Gasteiger partial charge >= 0.3 is 4.87 Å². The van der Waals surface area contributed by atoms with Crippen LogP contribution in [-0.4, -0.2) is 56.0 Å². The third-order valence-electron chi connectivity index (χ3n) is 2.85. The summed E-state index contributed by atoms with van der Waals surface area (Å²) in [5.74, 6) is 2.20. The Morgan fingerprint density at radius 1 is 1.37 bits per heavy atom. The maximum Gasteiger partial charge on any atom is 0.305 e. The van der Waals surface area contributed by atoms with Crippen molar-refractivity contribution < 1.29 is 8.42 Å². The van der Waals surface area contributed by atoms with Crippen LogP contribution in [0.3, 0.4) is 0 Å². The molecule has 0 bridgehead atoms. The van der Waals surface area contributed by atoms with Crippen molar-refractivity contribution >= 4 is 33.1 Å². The van der Waals surface area contributed by atoms with Crippen LogP contribution in [0.15, 0.2) is 9.00 Å². The normalized spacial score (nSPS) is 17.7. The Morgan fingerprint density at radius 3 is 2.63 bits per heavy atom. The van der Waals surface area contributed by atoms with E-state index in [1.165, 1.54) is 0 Å². The molecule has 0 amide bonds. The zero-order chi connectivity index (χ0) is 13.9. The number of aryl methyl sites for hydroxylation is 1. The molecule has 2 heterocycles. The van der Waals surface area contributed by atoms with Crippen LogP contribution in [0.1, 0.15) is 5.69 Å². The predicted octanol–water partition coefficient (Wildman–Crippen LogP) is 0.0719. The summed E-state index contributed by atoms with van der Waals surface area (Å²) in [4.78, 5) is 15.5. The standard InChI is InChI=1S/C10H17N3O3S3/c1-8-9(18-10(14)12-8)19(15,16)11-2-3-13-4-6-17-7-5-13/h11H,2-7H2,1H3,(H,12,14). The molecule has 2 rings (SSSR count). The number of aromatic nitrogens is 1. The van der Waals surface area contributed by atoms with E-state index >= 15 is 0 Å². The second kappa shape index (κ2) is 6.40. The van der Waals surface area contributed by atoms with E-state index < -0.39 is 10.0 Å². The molecule has 0 aliphatic carbocycles. The molecule has 0 radical (unpaired) electrons. The van der Waals surface area contributed by atoms with Crippen molar-refractivity contribution in [2.45, 2.75) is 11.1 Å². The maximum absolute atomic E-state index is 12.0. The molecule has 1 aromatic rings. The van der Waals surface area contributed by atoms with E-state index in [-0.39, 0.29) is 9.08 Å². The highest BCUT2D eigenvalue weighted by atomic mass is 32.2. The molecule has 9 heteroatoms. The smallest absolute Gasteiger partial charge is 0.305 e. The van der Waals surface area contributed by atoms with E-state index in [9.17, 15) is 13.2 Å². The summed E-state index contributed by atoms with van der Waals surface area (Å²) >= 11 is 2.65. The van der Waals surface area contributed by atoms with Crippen molar-refractivity contribution in [3.05, 3.63) is 15.4 Å². The molecule has 6 nitrogen and oxygen atoms in total. The highest BCUT2D eigenvalue weighted by Gasteiger charge is 2.20. The van der Waals surface area contributed by atoms with Crippen LogP contribution in [0, 0.1) is 6.92 Å². The van der Waals surface area contributed by atoms with E-state index in [4.69, 9.17) is 0 Å². The van der Waals surface area contributed by atoms with Crippen LogP contribution in [-0.2, 0) is 10.0 Å². The molecule has 1 aliphatic heterocycles. The molecule has 0 aromatic carbocycles. The zero-order valence-corrected chi connectivity index (χ0v) is 13.1. The van der Waals surface area contributed by atoms with Gasteiger partial charge in [0.25, 0.3) is 10.0 Å². The number of nitrogens with zero attached hydrogens (tertiary/aromatic N) is 1. The number of hydrogen-bond donors (Lipinski definition) is 2. The molecule has 0 atom stereocenters. The molecule has 2 N–H and O–H groups in total. The third kappa shape index (κ3) is 4.06. The lowest BCUT2D eigenvalue weighted by atomic mass is 10.5. The molecule has 1 fully saturated rings. The first-order valence-corrected chi connectivity index (χ1v) is 9.44. The maximum atomic E-state index is 12.0. The van der Waals surface area contributed by atoms with Gasteiger partial charge in [0.15, 0.2) is 4.21 Å². The molecular weight excluding hydrogens is 306 g/mol. The van der Waals surface area contributed by atoms with E-state index in [1.54, 1.807) is 6.92 Å². The number of nitrogens with one attached hydrogen (secondary N) is 2.